The van der Waals surface area contributed by atoms with Gasteiger partial charge >= 0.3 is 0 Å². The zero-order valence-corrected chi connectivity index (χ0v) is 12.6. The van der Waals surface area contributed by atoms with Gasteiger partial charge in [0.2, 0.25) is 0 Å². The van der Waals surface area contributed by atoms with E-state index in [1.807, 2.05) is 47.0 Å². The van der Waals surface area contributed by atoms with Crippen molar-refractivity contribution in [1.29, 1.82) is 0 Å². The molecule has 0 saturated heterocycles. The van der Waals surface area contributed by atoms with E-state index in [9.17, 15) is 0 Å². The Balaban J connectivity index is 1.76. The van der Waals surface area contributed by atoms with Crippen molar-refractivity contribution in [2.45, 2.75) is 25.9 Å². The van der Waals surface area contributed by atoms with Gasteiger partial charge in [0.05, 0.1) is 6.54 Å². The fourth-order valence-electron chi connectivity index (χ4n) is 2.45. The summed E-state index contributed by atoms with van der Waals surface area (Å²) in [5.74, 6) is 0.908. The van der Waals surface area contributed by atoms with Crippen molar-refractivity contribution in [3.05, 3.63) is 65.1 Å². The van der Waals surface area contributed by atoms with E-state index in [0.29, 0.717) is 6.54 Å². The van der Waals surface area contributed by atoms with E-state index >= 15 is 0 Å². The molecule has 1 aromatic carbocycles. The van der Waals surface area contributed by atoms with Crippen molar-refractivity contribution in [2.24, 2.45) is 0 Å². The largest absolute Gasteiger partial charge is 0.303 e. The average Bonchev–Trinajstić information content (AvgIpc) is 2.91. The van der Waals surface area contributed by atoms with E-state index < -0.39 is 0 Å². The maximum Gasteiger partial charge on any atom is 0.160 e. The van der Waals surface area contributed by atoms with Crippen molar-refractivity contribution < 1.29 is 0 Å². The maximum absolute atomic E-state index is 6.07. The number of hydrogen-bond acceptors (Lipinski definition) is 3. The lowest BCUT2D eigenvalue weighted by atomic mass is 10.0. The number of nitrogens with zero attached hydrogens (tertiary/aromatic N) is 3. The van der Waals surface area contributed by atoms with Crippen LogP contribution in [-0.4, -0.2) is 14.6 Å². The second kappa shape index (κ2) is 6.24. The summed E-state index contributed by atoms with van der Waals surface area (Å²) in [4.78, 5) is 0. The molecule has 2 heterocycles. The quantitative estimate of drug-likeness (QED) is 0.782. The highest BCUT2D eigenvalue weighted by Gasteiger charge is 2.11. The second-order valence-electron chi connectivity index (χ2n) is 4.94. The summed E-state index contributed by atoms with van der Waals surface area (Å²) in [5, 5.41) is 12.7. The highest BCUT2D eigenvalue weighted by Crippen LogP contribution is 2.20. The Labute approximate surface area is 128 Å². The summed E-state index contributed by atoms with van der Waals surface area (Å²) in [7, 11) is 0. The van der Waals surface area contributed by atoms with Crippen LogP contribution in [0.4, 0.5) is 0 Å². The standard InChI is InChI=1S/C16H17ClN4/c1-2-14(12-6-5-7-13(17)10-12)18-11-16-20-19-15-8-3-4-9-21(15)16/h3-10,14,18H,2,11H2,1H3/t14-/m1/s1. The van der Waals surface area contributed by atoms with E-state index in [1.54, 1.807) is 0 Å². The van der Waals surface area contributed by atoms with E-state index in [0.717, 1.165) is 22.9 Å². The number of pyridine rings is 1. The molecule has 0 unspecified atom stereocenters. The number of halogens is 1. The van der Waals surface area contributed by atoms with Crippen LogP contribution >= 0.6 is 11.6 Å². The van der Waals surface area contributed by atoms with Gasteiger partial charge in [0.1, 0.15) is 0 Å². The number of nitrogens with one attached hydrogen (secondary N) is 1. The second-order valence-corrected chi connectivity index (χ2v) is 5.38. The first kappa shape index (κ1) is 14.0. The SMILES string of the molecule is CC[C@@H](NCc1nnc2ccccn12)c1cccc(Cl)c1. The predicted molar refractivity (Wildman–Crippen MR) is 84.3 cm³/mol. The van der Waals surface area contributed by atoms with Crippen molar-refractivity contribution >= 4 is 17.2 Å². The smallest absolute Gasteiger partial charge is 0.160 e. The molecule has 0 radical (unpaired) electrons. The van der Waals surface area contributed by atoms with Crippen LogP contribution in [0.25, 0.3) is 5.65 Å². The van der Waals surface area contributed by atoms with E-state index in [1.165, 1.54) is 5.56 Å². The Kier molecular flexibility index (Phi) is 4.18. The number of benzene rings is 1. The van der Waals surface area contributed by atoms with Crippen LogP contribution in [0.3, 0.4) is 0 Å². The van der Waals surface area contributed by atoms with Crippen LogP contribution < -0.4 is 5.32 Å². The molecule has 3 rings (SSSR count). The van der Waals surface area contributed by atoms with Crippen LogP contribution in [0, 0.1) is 0 Å². The monoisotopic (exact) mass is 300 g/mol. The van der Waals surface area contributed by atoms with Crippen LogP contribution in [0.1, 0.15) is 30.8 Å². The summed E-state index contributed by atoms with van der Waals surface area (Å²) >= 11 is 6.07. The Morgan fingerprint density at radius 1 is 1.19 bits per heavy atom. The molecule has 0 saturated carbocycles. The molecule has 2 aromatic heterocycles. The summed E-state index contributed by atoms with van der Waals surface area (Å²) in [6.07, 6.45) is 2.96. The Morgan fingerprint density at radius 3 is 2.90 bits per heavy atom. The average molecular weight is 301 g/mol. The summed E-state index contributed by atoms with van der Waals surface area (Å²) in [5.41, 5.74) is 2.06. The molecular weight excluding hydrogens is 284 g/mol. The van der Waals surface area contributed by atoms with Gasteiger partial charge in [-0.15, -0.1) is 10.2 Å². The summed E-state index contributed by atoms with van der Waals surface area (Å²) in [6.45, 7) is 2.82. The molecular formula is C16H17ClN4. The van der Waals surface area contributed by atoms with E-state index in [4.69, 9.17) is 11.6 Å². The lowest BCUT2D eigenvalue weighted by Crippen LogP contribution is -2.21. The van der Waals surface area contributed by atoms with Crippen molar-refractivity contribution in [1.82, 2.24) is 19.9 Å². The molecule has 1 atom stereocenters. The highest BCUT2D eigenvalue weighted by atomic mass is 35.5. The molecule has 1 N–H and O–H groups in total. The minimum atomic E-state index is 0.250. The first-order valence-electron chi connectivity index (χ1n) is 7.05. The van der Waals surface area contributed by atoms with Crippen LogP contribution in [-0.2, 0) is 6.54 Å². The van der Waals surface area contributed by atoms with Gasteiger partial charge in [0.25, 0.3) is 0 Å². The fourth-order valence-corrected chi connectivity index (χ4v) is 2.65. The summed E-state index contributed by atoms with van der Waals surface area (Å²) in [6, 6.07) is 14.1. The zero-order valence-electron chi connectivity index (χ0n) is 11.8. The van der Waals surface area contributed by atoms with Crippen molar-refractivity contribution in [3.8, 4) is 0 Å². The molecule has 0 bridgehead atoms. The first-order chi connectivity index (χ1) is 10.3. The minimum absolute atomic E-state index is 0.250. The third-order valence-corrected chi connectivity index (χ3v) is 3.79. The first-order valence-corrected chi connectivity index (χ1v) is 7.43. The van der Waals surface area contributed by atoms with Gasteiger partial charge in [-0.3, -0.25) is 4.40 Å². The maximum atomic E-state index is 6.07. The predicted octanol–water partition coefficient (Wildman–Crippen LogP) is 3.62. The Morgan fingerprint density at radius 2 is 2.10 bits per heavy atom. The lowest BCUT2D eigenvalue weighted by molar-refractivity contribution is 0.506. The molecule has 108 valence electrons. The van der Waals surface area contributed by atoms with E-state index in [-0.39, 0.29) is 6.04 Å². The van der Waals surface area contributed by atoms with Crippen molar-refractivity contribution in [2.75, 3.05) is 0 Å². The summed E-state index contributed by atoms with van der Waals surface area (Å²) < 4.78 is 2.00. The molecule has 0 amide bonds. The third-order valence-electron chi connectivity index (χ3n) is 3.55. The van der Waals surface area contributed by atoms with Gasteiger partial charge in [0.15, 0.2) is 11.5 Å². The number of hydrogen-bond donors (Lipinski definition) is 1. The van der Waals surface area contributed by atoms with Gasteiger partial charge in [-0.1, -0.05) is 36.7 Å². The third kappa shape index (κ3) is 3.06. The van der Waals surface area contributed by atoms with Gasteiger partial charge in [-0.25, -0.2) is 0 Å². The van der Waals surface area contributed by atoms with E-state index in [2.05, 4.69) is 28.5 Å². The lowest BCUT2D eigenvalue weighted by Gasteiger charge is -2.17. The highest BCUT2D eigenvalue weighted by molar-refractivity contribution is 6.30. The number of fused-ring (bicyclic) bond motifs is 1. The number of aromatic nitrogens is 3. The van der Waals surface area contributed by atoms with Gasteiger partial charge in [0, 0.05) is 17.3 Å². The molecule has 0 fully saturated rings. The fraction of sp³-hybridized carbons (Fsp3) is 0.250. The normalized spacial score (nSPS) is 12.7. The van der Waals surface area contributed by atoms with Crippen LogP contribution in [0.5, 0.6) is 0 Å². The molecule has 0 spiro atoms. The molecule has 4 nitrogen and oxygen atoms in total. The van der Waals surface area contributed by atoms with Crippen LogP contribution in [0.15, 0.2) is 48.7 Å². The molecule has 21 heavy (non-hydrogen) atoms. The Hall–Kier alpha value is -1.91. The topological polar surface area (TPSA) is 42.2 Å². The molecule has 0 aliphatic rings. The number of rotatable bonds is 5. The van der Waals surface area contributed by atoms with Crippen molar-refractivity contribution in [3.63, 3.8) is 0 Å². The zero-order chi connectivity index (χ0) is 14.7. The minimum Gasteiger partial charge on any atom is -0.303 e. The molecule has 0 aliphatic heterocycles. The van der Waals surface area contributed by atoms with Gasteiger partial charge in [-0.05, 0) is 36.2 Å². The van der Waals surface area contributed by atoms with Crippen LogP contribution in [0.2, 0.25) is 5.02 Å². The molecule has 0 aliphatic carbocycles. The van der Waals surface area contributed by atoms with Gasteiger partial charge < -0.3 is 5.32 Å². The van der Waals surface area contributed by atoms with Gasteiger partial charge in [-0.2, -0.15) is 0 Å². The molecule has 5 heteroatoms. The molecule has 3 aromatic rings. The Bertz CT molecular complexity index is 738.